The number of carbonyl (C=O) groups is 1. The lowest BCUT2D eigenvalue weighted by Gasteiger charge is -2.15. The number of esters is 1. The number of nitrogens with one attached hydrogen (secondary N) is 1. The van der Waals surface area contributed by atoms with Crippen LogP contribution in [0.1, 0.15) is 23.6 Å². The lowest BCUT2D eigenvalue weighted by Crippen LogP contribution is -2.11. The molecule has 0 saturated heterocycles. The van der Waals surface area contributed by atoms with Gasteiger partial charge in [0, 0.05) is 0 Å². The van der Waals surface area contributed by atoms with E-state index < -0.39 is 5.97 Å². The summed E-state index contributed by atoms with van der Waals surface area (Å²) < 4.78 is 16.4. The van der Waals surface area contributed by atoms with E-state index in [0.717, 1.165) is 17.7 Å². The van der Waals surface area contributed by atoms with Gasteiger partial charge in [-0.3, -0.25) is 0 Å². The first-order valence-corrected chi connectivity index (χ1v) is 7.69. The molecule has 0 amide bonds. The van der Waals surface area contributed by atoms with Crippen molar-refractivity contribution in [2.75, 3.05) is 7.11 Å². The minimum atomic E-state index is -0.743. The minimum absolute atomic E-state index is 0.191. The van der Waals surface area contributed by atoms with Gasteiger partial charge in [-0.15, -0.1) is 0 Å². The van der Waals surface area contributed by atoms with Gasteiger partial charge in [-0.25, -0.2) is 4.79 Å². The normalized spacial score (nSPS) is 10.1. The van der Waals surface area contributed by atoms with Gasteiger partial charge in [0.15, 0.2) is 0 Å². The van der Waals surface area contributed by atoms with Crippen molar-refractivity contribution in [1.29, 1.82) is 5.41 Å². The largest absolute Gasteiger partial charge is 0.496 e. The highest BCUT2D eigenvalue weighted by molar-refractivity contribution is 6.22. The van der Waals surface area contributed by atoms with Crippen molar-refractivity contribution in [1.82, 2.24) is 0 Å². The average Bonchev–Trinajstić information content (AvgIpc) is 2.60. The molecule has 24 heavy (non-hydrogen) atoms. The van der Waals surface area contributed by atoms with Crippen LogP contribution in [-0.2, 0) is 17.8 Å². The number of aryl methyl sites for hydroxylation is 2. The molecule has 0 aromatic heterocycles. The number of hydrogen-bond donors (Lipinski definition) is 1. The fourth-order valence-electron chi connectivity index (χ4n) is 2.36. The third kappa shape index (κ3) is 4.13. The Bertz CT molecular complexity index is 740. The second kappa shape index (κ2) is 8.15. The van der Waals surface area contributed by atoms with E-state index in [9.17, 15) is 4.79 Å². The SMILES string of the molecule is CCc1ccc(OCc2c(OC)cccc2OC(=O)C=N)c(C)c1. The number of ether oxygens (including phenoxy) is 3. The quantitative estimate of drug-likeness (QED) is 0.478. The zero-order valence-corrected chi connectivity index (χ0v) is 14.1. The van der Waals surface area contributed by atoms with Gasteiger partial charge in [0.2, 0.25) is 0 Å². The molecule has 0 radical (unpaired) electrons. The number of benzene rings is 2. The van der Waals surface area contributed by atoms with Crippen LogP contribution >= 0.6 is 0 Å². The molecule has 5 nitrogen and oxygen atoms in total. The van der Waals surface area contributed by atoms with Crippen LogP contribution in [0.2, 0.25) is 0 Å². The molecule has 5 heteroatoms. The van der Waals surface area contributed by atoms with Crippen molar-refractivity contribution in [2.24, 2.45) is 0 Å². The van der Waals surface area contributed by atoms with Gasteiger partial charge in [0.25, 0.3) is 0 Å². The maximum Gasteiger partial charge on any atom is 0.354 e. The van der Waals surface area contributed by atoms with Gasteiger partial charge in [0.05, 0.1) is 12.7 Å². The molecule has 1 N–H and O–H groups in total. The lowest BCUT2D eigenvalue weighted by atomic mass is 10.1. The van der Waals surface area contributed by atoms with Crippen molar-refractivity contribution in [2.45, 2.75) is 26.9 Å². The van der Waals surface area contributed by atoms with Crippen LogP contribution < -0.4 is 14.2 Å². The molecule has 0 saturated carbocycles. The first kappa shape index (κ1) is 17.5. The molecule has 0 aliphatic heterocycles. The first-order chi connectivity index (χ1) is 11.6. The van der Waals surface area contributed by atoms with Gasteiger partial charge in [-0.2, -0.15) is 0 Å². The maximum absolute atomic E-state index is 11.4. The Morgan fingerprint density at radius 2 is 1.92 bits per heavy atom. The standard InChI is InChI=1S/C19H21NO4/c1-4-14-8-9-16(13(2)10-14)23-12-15-17(22-3)6-5-7-18(15)24-19(21)11-20/h5-11,20H,4,12H2,1-3H3. The molecule has 0 unspecified atom stereocenters. The van der Waals surface area contributed by atoms with Crippen molar-refractivity contribution in [3.05, 3.63) is 53.1 Å². The van der Waals surface area contributed by atoms with E-state index in [1.807, 2.05) is 19.1 Å². The summed E-state index contributed by atoms with van der Waals surface area (Å²) in [5.74, 6) is 0.911. The second-order valence-electron chi connectivity index (χ2n) is 5.24. The summed E-state index contributed by atoms with van der Waals surface area (Å²) in [5, 5.41) is 6.97. The summed E-state index contributed by atoms with van der Waals surface area (Å²) in [6.07, 6.45) is 1.59. The highest BCUT2D eigenvalue weighted by Gasteiger charge is 2.14. The molecule has 2 aromatic carbocycles. The zero-order valence-electron chi connectivity index (χ0n) is 14.1. The summed E-state index contributed by atoms with van der Waals surface area (Å²) in [6, 6.07) is 11.2. The summed E-state index contributed by atoms with van der Waals surface area (Å²) in [5.41, 5.74) is 2.91. The molecular weight excluding hydrogens is 306 g/mol. The smallest absolute Gasteiger partial charge is 0.354 e. The summed E-state index contributed by atoms with van der Waals surface area (Å²) >= 11 is 0. The molecule has 0 atom stereocenters. The van der Waals surface area contributed by atoms with Crippen LogP contribution in [0, 0.1) is 12.3 Å². The maximum atomic E-state index is 11.4. The van der Waals surface area contributed by atoms with Crippen LogP contribution in [0.15, 0.2) is 36.4 Å². The number of hydrogen-bond acceptors (Lipinski definition) is 5. The predicted molar refractivity (Wildman–Crippen MR) is 92.3 cm³/mol. The van der Waals surface area contributed by atoms with Crippen LogP contribution in [0.25, 0.3) is 0 Å². The highest BCUT2D eigenvalue weighted by atomic mass is 16.5. The number of methoxy groups -OCH3 is 1. The molecular formula is C19H21NO4. The van der Waals surface area contributed by atoms with E-state index in [1.165, 1.54) is 5.56 Å². The number of rotatable bonds is 7. The van der Waals surface area contributed by atoms with E-state index in [2.05, 4.69) is 13.0 Å². The van der Waals surface area contributed by atoms with Crippen LogP contribution in [0.3, 0.4) is 0 Å². The Morgan fingerprint density at radius 3 is 2.54 bits per heavy atom. The van der Waals surface area contributed by atoms with Crippen LogP contribution in [-0.4, -0.2) is 19.3 Å². The van der Waals surface area contributed by atoms with Gasteiger partial charge >= 0.3 is 5.97 Å². The van der Waals surface area contributed by atoms with E-state index in [4.69, 9.17) is 19.6 Å². The van der Waals surface area contributed by atoms with E-state index >= 15 is 0 Å². The van der Waals surface area contributed by atoms with Crippen molar-refractivity contribution in [3.63, 3.8) is 0 Å². The molecule has 0 spiro atoms. The fourth-order valence-corrected chi connectivity index (χ4v) is 2.36. The third-order valence-electron chi connectivity index (χ3n) is 3.66. The van der Waals surface area contributed by atoms with E-state index in [1.54, 1.807) is 25.3 Å². The Kier molecular flexibility index (Phi) is 5.95. The van der Waals surface area contributed by atoms with Crippen molar-refractivity contribution < 1.29 is 19.0 Å². The predicted octanol–water partition coefficient (Wildman–Crippen LogP) is 3.70. The van der Waals surface area contributed by atoms with Gasteiger partial charge in [-0.05, 0) is 42.7 Å². The lowest BCUT2D eigenvalue weighted by molar-refractivity contribution is -0.126. The summed E-state index contributed by atoms with van der Waals surface area (Å²) in [7, 11) is 1.54. The Hall–Kier alpha value is -2.82. The molecule has 0 bridgehead atoms. The van der Waals surface area contributed by atoms with Gasteiger partial charge in [-0.1, -0.05) is 25.1 Å². The molecule has 2 rings (SSSR count). The summed E-state index contributed by atoms with van der Waals surface area (Å²) in [4.78, 5) is 11.4. The molecule has 2 aromatic rings. The zero-order chi connectivity index (χ0) is 17.5. The minimum Gasteiger partial charge on any atom is -0.496 e. The fraction of sp³-hybridized carbons (Fsp3) is 0.263. The molecule has 0 fully saturated rings. The Balaban J connectivity index is 2.24. The second-order valence-corrected chi connectivity index (χ2v) is 5.24. The van der Waals surface area contributed by atoms with Gasteiger partial charge < -0.3 is 19.6 Å². The molecule has 0 heterocycles. The van der Waals surface area contributed by atoms with Gasteiger partial charge in [0.1, 0.15) is 30.1 Å². The monoisotopic (exact) mass is 327 g/mol. The molecule has 0 aliphatic carbocycles. The third-order valence-corrected chi connectivity index (χ3v) is 3.66. The molecule has 126 valence electrons. The van der Waals surface area contributed by atoms with Crippen LogP contribution in [0.5, 0.6) is 17.2 Å². The van der Waals surface area contributed by atoms with Crippen molar-refractivity contribution in [3.8, 4) is 17.2 Å². The summed E-state index contributed by atoms with van der Waals surface area (Å²) in [6.45, 7) is 4.29. The van der Waals surface area contributed by atoms with E-state index in [0.29, 0.717) is 23.3 Å². The van der Waals surface area contributed by atoms with Crippen LogP contribution in [0.4, 0.5) is 0 Å². The van der Waals surface area contributed by atoms with E-state index in [-0.39, 0.29) is 6.61 Å². The Labute approximate surface area is 141 Å². The number of carbonyl (C=O) groups excluding carboxylic acids is 1. The highest BCUT2D eigenvalue weighted by Crippen LogP contribution is 2.30. The Morgan fingerprint density at radius 1 is 1.17 bits per heavy atom. The first-order valence-electron chi connectivity index (χ1n) is 7.69. The average molecular weight is 327 g/mol. The topological polar surface area (TPSA) is 68.6 Å². The molecule has 0 aliphatic rings. The van der Waals surface area contributed by atoms with Crippen molar-refractivity contribution >= 4 is 12.2 Å².